The summed E-state index contributed by atoms with van der Waals surface area (Å²) >= 11 is 0. The van der Waals surface area contributed by atoms with E-state index in [4.69, 9.17) is 0 Å². The Morgan fingerprint density at radius 3 is 2.89 bits per heavy atom. The van der Waals surface area contributed by atoms with Crippen LogP contribution in [0.15, 0.2) is 0 Å². The van der Waals surface area contributed by atoms with Crippen molar-refractivity contribution in [2.45, 2.75) is 43.9 Å². The first-order chi connectivity index (χ1) is 9.15. The predicted molar refractivity (Wildman–Crippen MR) is 72.8 cm³/mol. The second-order valence-electron chi connectivity index (χ2n) is 6.37. The van der Waals surface area contributed by atoms with Crippen LogP contribution in [0.25, 0.3) is 0 Å². The fourth-order valence-corrected chi connectivity index (χ4v) is 3.98. The minimum Gasteiger partial charge on any atom is -0.392 e. The van der Waals surface area contributed by atoms with Crippen LogP contribution in [-0.2, 0) is 4.79 Å². The molecule has 0 aromatic heterocycles. The van der Waals surface area contributed by atoms with Gasteiger partial charge >= 0.3 is 0 Å². The number of hydrogen-bond donors (Lipinski definition) is 2. The summed E-state index contributed by atoms with van der Waals surface area (Å²) in [4.78, 5) is 16.9. The zero-order chi connectivity index (χ0) is 13.4. The maximum absolute atomic E-state index is 12.4. The highest BCUT2D eigenvalue weighted by molar-refractivity contribution is 5.82. The number of nitrogens with zero attached hydrogens (tertiary/aromatic N) is 2. The summed E-state index contributed by atoms with van der Waals surface area (Å²) in [7, 11) is 2.21. The molecule has 3 fully saturated rings. The Bertz CT molecular complexity index is 350. The van der Waals surface area contributed by atoms with Crippen LogP contribution in [0.3, 0.4) is 0 Å². The quantitative estimate of drug-likeness (QED) is 0.682. The Morgan fingerprint density at radius 1 is 1.32 bits per heavy atom. The van der Waals surface area contributed by atoms with Gasteiger partial charge in [-0.1, -0.05) is 0 Å². The number of hydrogen-bond acceptors (Lipinski definition) is 4. The molecule has 2 N–H and O–H groups in total. The summed E-state index contributed by atoms with van der Waals surface area (Å²) in [6.07, 6.45) is 3.82. The molecule has 0 aromatic rings. The number of likely N-dealkylation sites (tertiary alicyclic amines) is 2. The summed E-state index contributed by atoms with van der Waals surface area (Å²) < 4.78 is 0. The van der Waals surface area contributed by atoms with E-state index < -0.39 is 0 Å². The molecule has 108 valence electrons. The summed E-state index contributed by atoms with van der Waals surface area (Å²) in [5.74, 6) is 0.839. The van der Waals surface area contributed by atoms with Crippen LogP contribution < -0.4 is 5.32 Å². The predicted octanol–water partition coefficient (Wildman–Crippen LogP) is -0.348. The van der Waals surface area contributed by atoms with Crippen LogP contribution >= 0.6 is 0 Å². The minimum absolute atomic E-state index is 0.159. The molecule has 3 rings (SSSR count). The lowest BCUT2D eigenvalue weighted by molar-refractivity contribution is -0.136. The first-order valence-corrected chi connectivity index (χ1v) is 7.55. The molecule has 0 spiro atoms. The van der Waals surface area contributed by atoms with E-state index >= 15 is 0 Å². The van der Waals surface area contributed by atoms with Crippen LogP contribution in [0.1, 0.15) is 25.7 Å². The number of piperidine rings is 2. The lowest BCUT2D eigenvalue weighted by Gasteiger charge is -2.46. The standard InChI is InChI=1S/C14H25N3O2/c1-16-5-2-3-10-9-17(6-4-13(10)16)14(19)12-7-11(18)8-15-12/h10-13,15,18H,2-9H2,1H3. The molecule has 3 aliphatic rings. The van der Waals surface area contributed by atoms with Crippen LogP contribution in [0.2, 0.25) is 0 Å². The Labute approximate surface area is 114 Å². The summed E-state index contributed by atoms with van der Waals surface area (Å²) in [6.45, 7) is 3.53. The smallest absolute Gasteiger partial charge is 0.239 e. The highest BCUT2D eigenvalue weighted by atomic mass is 16.3. The highest BCUT2D eigenvalue weighted by Gasteiger charge is 2.38. The lowest BCUT2D eigenvalue weighted by atomic mass is 9.84. The number of aliphatic hydroxyl groups is 1. The van der Waals surface area contributed by atoms with Crippen molar-refractivity contribution in [1.29, 1.82) is 0 Å². The van der Waals surface area contributed by atoms with Crippen molar-refractivity contribution in [2.75, 3.05) is 33.2 Å². The van der Waals surface area contributed by atoms with Gasteiger partial charge in [0.2, 0.25) is 5.91 Å². The SMILES string of the molecule is CN1CCCC2CN(C(=O)C3CC(O)CN3)CCC21. The summed E-state index contributed by atoms with van der Waals surface area (Å²) in [5, 5.41) is 12.7. The van der Waals surface area contributed by atoms with Gasteiger partial charge in [0.1, 0.15) is 0 Å². The van der Waals surface area contributed by atoms with Crippen molar-refractivity contribution >= 4 is 5.91 Å². The third-order valence-electron chi connectivity index (χ3n) is 5.06. The van der Waals surface area contributed by atoms with Gasteiger partial charge < -0.3 is 20.2 Å². The van der Waals surface area contributed by atoms with Crippen molar-refractivity contribution < 1.29 is 9.90 Å². The van der Waals surface area contributed by atoms with Gasteiger partial charge in [-0.05, 0) is 45.2 Å². The molecule has 0 aromatic carbocycles. The topological polar surface area (TPSA) is 55.8 Å². The molecule has 3 saturated heterocycles. The van der Waals surface area contributed by atoms with Gasteiger partial charge in [-0.15, -0.1) is 0 Å². The van der Waals surface area contributed by atoms with E-state index in [0.29, 0.717) is 24.9 Å². The third-order valence-corrected chi connectivity index (χ3v) is 5.06. The molecule has 5 nitrogen and oxygen atoms in total. The fraction of sp³-hybridized carbons (Fsp3) is 0.929. The summed E-state index contributed by atoms with van der Waals surface area (Å²) in [6, 6.07) is 0.507. The van der Waals surface area contributed by atoms with Crippen molar-refractivity contribution in [3.63, 3.8) is 0 Å². The molecule has 19 heavy (non-hydrogen) atoms. The van der Waals surface area contributed by atoms with Crippen molar-refractivity contribution in [3.05, 3.63) is 0 Å². The molecule has 0 radical (unpaired) electrons. The number of carbonyl (C=O) groups is 1. The van der Waals surface area contributed by atoms with Gasteiger partial charge in [0.15, 0.2) is 0 Å². The van der Waals surface area contributed by atoms with Gasteiger partial charge in [0.05, 0.1) is 12.1 Å². The van der Waals surface area contributed by atoms with Gasteiger partial charge in [-0.3, -0.25) is 4.79 Å². The van der Waals surface area contributed by atoms with E-state index in [1.807, 2.05) is 4.90 Å². The van der Waals surface area contributed by atoms with Gasteiger partial charge in [-0.25, -0.2) is 0 Å². The van der Waals surface area contributed by atoms with Gasteiger partial charge in [0, 0.05) is 25.7 Å². The Balaban J connectivity index is 1.60. The highest BCUT2D eigenvalue weighted by Crippen LogP contribution is 2.30. The van der Waals surface area contributed by atoms with E-state index in [1.54, 1.807) is 0 Å². The Hall–Kier alpha value is -0.650. The van der Waals surface area contributed by atoms with Crippen LogP contribution in [-0.4, -0.2) is 72.2 Å². The second-order valence-corrected chi connectivity index (χ2v) is 6.37. The molecule has 4 atom stereocenters. The molecular formula is C14H25N3O2. The van der Waals surface area contributed by atoms with Crippen LogP contribution in [0.5, 0.6) is 0 Å². The van der Waals surface area contributed by atoms with E-state index in [9.17, 15) is 9.90 Å². The maximum atomic E-state index is 12.4. The van der Waals surface area contributed by atoms with Crippen molar-refractivity contribution in [1.82, 2.24) is 15.1 Å². The summed E-state index contributed by atoms with van der Waals surface area (Å²) in [5.41, 5.74) is 0. The number of aliphatic hydroxyl groups excluding tert-OH is 1. The van der Waals surface area contributed by atoms with E-state index in [-0.39, 0.29) is 18.1 Å². The average molecular weight is 267 g/mol. The van der Waals surface area contributed by atoms with Crippen LogP contribution in [0, 0.1) is 5.92 Å². The molecule has 0 aliphatic carbocycles. The number of amides is 1. The molecule has 1 amide bonds. The van der Waals surface area contributed by atoms with Gasteiger partial charge in [0.25, 0.3) is 0 Å². The molecule has 5 heteroatoms. The normalized spacial score (nSPS) is 40.2. The molecule has 4 unspecified atom stereocenters. The maximum Gasteiger partial charge on any atom is 0.239 e. The number of fused-ring (bicyclic) bond motifs is 1. The largest absolute Gasteiger partial charge is 0.392 e. The molecular weight excluding hydrogens is 242 g/mol. The third kappa shape index (κ3) is 2.64. The molecule has 0 bridgehead atoms. The zero-order valence-electron chi connectivity index (χ0n) is 11.7. The lowest BCUT2D eigenvalue weighted by Crippen LogP contribution is -2.56. The minimum atomic E-state index is -0.354. The number of β-amino-alcohol motifs (C(OH)–C–C–N with tert-alkyl or cyclic N) is 1. The molecule has 0 saturated carbocycles. The van der Waals surface area contributed by atoms with Gasteiger partial charge in [-0.2, -0.15) is 0 Å². The Morgan fingerprint density at radius 2 is 2.16 bits per heavy atom. The first-order valence-electron chi connectivity index (χ1n) is 7.55. The van der Waals surface area contributed by atoms with E-state index in [1.165, 1.54) is 19.4 Å². The number of nitrogens with one attached hydrogen (secondary N) is 1. The van der Waals surface area contributed by atoms with Crippen molar-refractivity contribution in [3.8, 4) is 0 Å². The number of carbonyl (C=O) groups excluding carboxylic acids is 1. The van der Waals surface area contributed by atoms with Crippen LogP contribution in [0.4, 0.5) is 0 Å². The zero-order valence-corrected chi connectivity index (χ0v) is 11.7. The monoisotopic (exact) mass is 267 g/mol. The average Bonchev–Trinajstić information content (AvgIpc) is 2.84. The molecule has 3 aliphatic heterocycles. The van der Waals surface area contributed by atoms with E-state index in [2.05, 4.69) is 17.3 Å². The molecule has 3 heterocycles. The van der Waals surface area contributed by atoms with Crippen molar-refractivity contribution in [2.24, 2.45) is 5.92 Å². The Kier molecular flexibility index (Phi) is 3.78. The van der Waals surface area contributed by atoms with E-state index in [0.717, 1.165) is 19.5 Å². The first kappa shape index (κ1) is 13.3. The second kappa shape index (κ2) is 5.38. The fourth-order valence-electron chi connectivity index (χ4n) is 3.98. The number of rotatable bonds is 1.